The van der Waals surface area contributed by atoms with Gasteiger partial charge in [0, 0.05) is 5.56 Å². The molecule has 0 unspecified atom stereocenters. The van der Waals surface area contributed by atoms with E-state index in [-0.39, 0.29) is 27.6 Å². The molecular formula is C27H19FN2O6S. The molecule has 0 bridgehead atoms. The minimum absolute atomic E-state index is 0.0871. The maximum atomic E-state index is 13.9. The van der Waals surface area contributed by atoms with Gasteiger partial charge in [-0.1, -0.05) is 23.5 Å². The molecule has 2 aromatic heterocycles. The van der Waals surface area contributed by atoms with Crippen LogP contribution in [-0.4, -0.2) is 32.2 Å². The number of nitrogens with zero attached hydrogens (tertiary/aromatic N) is 2. The molecule has 37 heavy (non-hydrogen) atoms. The Hall–Kier alpha value is -4.44. The number of hydrogen-bond donors (Lipinski definition) is 0. The van der Waals surface area contributed by atoms with Gasteiger partial charge in [0.1, 0.15) is 17.4 Å². The molecule has 1 aliphatic rings. The monoisotopic (exact) mass is 518 g/mol. The Labute approximate surface area is 213 Å². The van der Waals surface area contributed by atoms with Crippen molar-refractivity contribution in [3.05, 3.63) is 87.5 Å². The number of anilines is 1. The molecule has 3 heterocycles. The summed E-state index contributed by atoms with van der Waals surface area (Å²) in [6, 6.07) is 13.4. The minimum Gasteiger partial charge on any atom is -0.493 e. The van der Waals surface area contributed by atoms with Gasteiger partial charge in [-0.25, -0.2) is 9.37 Å². The summed E-state index contributed by atoms with van der Waals surface area (Å²) >= 11 is 1.14. The van der Waals surface area contributed by atoms with Crippen molar-refractivity contribution in [1.29, 1.82) is 0 Å². The fourth-order valence-electron chi connectivity index (χ4n) is 4.74. The van der Waals surface area contributed by atoms with Gasteiger partial charge in [-0.3, -0.25) is 14.5 Å². The van der Waals surface area contributed by atoms with Crippen LogP contribution >= 0.6 is 11.3 Å². The van der Waals surface area contributed by atoms with Gasteiger partial charge in [0.2, 0.25) is 11.5 Å². The van der Waals surface area contributed by atoms with Crippen molar-refractivity contribution in [3.63, 3.8) is 0 Å². The molecule has 0 saturated carbocycles. The molecule has 6 rings (SSSR count). The minimum atomic E-state index is -0.955. The summed E-state index contributed by atoms with van der Waals surface area (Å²) in [6.45, 7) is 0. The molecule has 5 aromatic rings. The molecule has 0 fully saturated rings. The van der Waals surface area contributed by atoms with E-state index in [1.165, 1.54) is 38.4 Å². The molecule has 1 amide bonds. The van der Waals surface area contributed by atoms with Crippen molar-refractivity contribution in [2.24, 2.45) is 0 Å². The van der Waals surface area contributed by atoms with Crippen molar-refractivity contribution < 1.29 is 27.8 Å². The van der Waals surface area contributed by atoms with Crippen LogP contribution in [0.5, 0.6) is 17.2 Å². The SMILES string of the molecule is COc1ccc([C@@H]2c3c(oc4ccccc4c3=O)C(=O)N2c2nc3ccc(F)cc3s2)c(OC)c1OC. The molecule has 3 aromatic carbocycles. The van der Waals surface area contributed by atoms with Gasteiger partial charge in [0.05, 0.1) is 42.5 Å². The Morgan fingerprint density at radius 1 is 0.973 bits per heavy atom. The van der Waals surface area contributed by atoms with Gasteiger partial charge in [0.15, 0.2) is 22.1 Å². The quantitative estimate of drug-likeness (QED) is 0.311. The first-order valence-electron chi connectivity index (χ1n) is 11.2. The number of aromatic nitrogens is 1. The third-order valence-corrected chi connectivity index (χ3v) is 7.37. The van der Waals surface area contributed by atoms with Gasteiger partial charge in [-0.05, 0) is 42.5 Å². The average molecular weight is 519 g/mol. The average Bonchev–Trinajstić information content (AvgIpc) is 3.45. The zero-order valence-corrected chi connectivity index (χ0v) is 20.7. The highest BCUT2D eigenvalue weighted by Crippen LogP contribution is 2.50. The molecule has 0 aliphatic carbocycles. The molecule has 0 radical (unpaired) electrons. The zero-order valence-electron chi connectivity index (χ0n) is 19.9. The Morgan fingerprint density at radius 3 is 2.51 bits per heavy atom. The summed E-state index contributed by atoms with van der Waals surface area (Å²) in [5, 5.41) is 0.619. The number of para-hydroxylation sites is 1. The molecular weight excluding hydrogens is 499 g/mol. The van der Waals surface area contributed by atoms with Crippen LogP contribution in [0.2, 0.25) is 0 Å². The molecule has 186 valence electrons. The third-order valence-electron chi connectivity index (χ3n) is 6.35. The number of halogens is 1. The van der Waals surface area contributed by atoms with Crippen LogP contribution in [0.3, 0.4) is 0 Å². The van der Waals surface area contributed by atoms with Crippen molar-refractivity contribution in [2.75, 3.05) is 26.2 Å². The van der Waals surface area contributed by atoms with E-state index >= 15 is 0 Å². The number of carbonyl (C=O) groups is 1. The van der Waals surface area contributed by atoms with Crippen LogP contribution in [0.4, 0.5) is 9.52 Å². The number of thiazole rings is 1. The molecule has 0 N–H and O–H groups in total. The van der Waals surface area contributed by atoms with Crippen molar-refractivity contribution >= 4 is 43.6 Å². The second-order valence-electron chi connectivity index (χ2n) is 8.28. The predicted octanol–water partition coefficient (Wildman–Crippen LogP) is 5.32. The lowest BCUT2D eigenvalue weighted by Crippen LogP contribution is -2.29. The van der Waals surface area contributed by atoms with E-state index in [4.69, 9.17) is 18.6 Å². The molecule has 1 atom stereocenters. The smallest absolute Gasteiger partial charge is 0.297 e. The van der Waals surface area contributed by atoms with E-state index in [1.807, 2.05) is 0 Å². The van der Waals surface area contributed by atoms with Crippen LogP contribution in [0.1, 0.15) is 27.7 Å². The Kier molecular flexibility index (Phi) is 5.34. The fourth-order valence-corrected chi connectivity index (χ4v) is 5.76. The van der Waals surface area contributed by atoms with E-state index in [9.17, 15) is 14.0 Å². The van der Waals surface area contributed by atoms with E-state index in [1.54, 1.807) is 42.5 Å². The summed E-state index contributed by atoms with van der Waals surface area (Å²) in [6.07, 6.45) is 0. The first kappa shape index (κ1) is 23.0. The summed E-state index contributed by atoms with van der Waals surface area (Å²) < 4.78 is 37.2. The molecule has 0 spiro atoms. The number of ether oxygens (including phenoxy) is 3. The summed E-state index contributed by atoms with van der Waals surface area (Å²) in [4.78, 5) is 33.7. The summed E-state index contributed by atoms with van der Waals surface area (Å²) in [5.41, 5.74) is 1.10. The summed E-state index contributed by atoms with van der Waals surface area (Å²) in [5.74, 6) is -0.0348. The molecule has 1 aliphatic heterocycles. The van der Waals surface area contributed by atoms with Crippen LogP contribution in [-0.2, 0) is 0 Å². The highest BCUT2D eigenvalue weighted by atomic mass is 32.1. The number of fused-ring (bicyclic) bond motifs is 3. The van der Waals surface area contributed by atoms with E-state index in [0.29, 0.717) is 38.2 Å². The van der Waals surface area contributed by atoms with E-state index < -0.39 is 17.8 Å². The normalized spacial score (nSPS) is 14.9. The lowest BCUT2D eigenvalue weighted by molar-refractivity contribution is 0.0970. The topological polar surface area (TPSA) is 91.1 Å². The molecule has 10 heteroatoms. The number of methoxy groups -OCH3 is 3. The standard InChI is InChI=1S/C27H19FN2O6S/c1-33-18-11-9-15(23(34-2)24(18)35-3)21-20-22(31)14-6-4-5-7-17(14)36-25(20)26(32)30(21)27-29-16-10-8-13(28)12-19(16)37-27/h4-12,21H,1-3H3/t21-/m1/s1. The molecule has 8 nitrogen and oxygen atoms in total. The Balaban J connectivity index is 1.68. The van der Waals surface area contributed by atoms with Crippen LogP contribution in [0, 0.1) is 5.82 Å². The predicted molar refractivity (Wildman–Crippen MR) is 137 cm³/mol. The third kappa shape index (κ3) is 3.36. The zero-order chi connectivity index (χ0) is 25.8. The van der Waals surface area contributed by atoms with Crippen molar-refractivity contribution in [2.45, 2.75) is 6.04 Å². The van der Waals surface area contributed by atoms with Crippen LogP contribution < -0.4 is 24.5 Å². The number of carbonyl (C=O) groups excluding carboxylic acids is 1. The van der Waals surface area contributed by atoms with E-state index in [2.05, 4.69) is 4.98 Å². The van der Waals surface area contributed by atoms with Crippen LogP contribution in [0.15, 0.2) is 63.8 Å². The number of rotatable bonds is 5. The Bertz CT molecular complexity index is 1780. The highest BCUT2D eigenvalue weighted by Gasteiger charge is 2.46. The highest BCUT2D eigenvalue weighted by molar-refractivity contribution is 7.22. The second-order valence-corrected chi connectivity index (χ2v) is 9.29. The first-order valence-corrected chi connectivity index (χ1v) is 12.0. The lowest BCUT2D eigenvalue weighted by Gasteiger charge is -2.25. The number of hydrogen-bond acceptors (Lipinski definition) is 8. The maximum Gasteiger partial charge on any atom is 0.297 e. The first-order chi connectivity index (χ1) is 18.0. The van der Waals surface area contributed by atoms with Gasteiger partial charge >= 0.3 is 0 Å². The maximum absolute atomic E-state index is 13.9. The van der Waals surface area contributed by atoms with Crippen molar-refractivity contribution in [3.8, 4) is 17.2 Å². The molecule has 0 saturated heterocycles. The second kappa shape index (κ2) is 8.59. The summed E-state index contributed by atoms with van der Waals surface area (Å²) in [7, 11) is 4.43. The fraction of sp³-hybridized carbons (Fsp3) is 0.148. The van der Waals surface area contributed by atoms with Gasteiger partial charge in [-0.2, -0.15) is 0 Å². The Morgan fingerprint density at radius 2 is 1.76 bits per heavy atom. The van der Waals surface area contributed by atoms with Gasteiger partial charge in [0.25, 0.3) is 5.91 Å². The van der Waals surface area contributed by atoms with Gasteiger partial charge in [-0.15, -0.1) is 0 Å². The van der Waals surface area contributed by atoms with E-state index in [0.717, 1.165) is 11.3 Å². The van der Waals surface area contributed by atoms with Crippen LogP contribution in [0.25, 0.3) is 21.2 Å². The lowest BCUT2D eigenvalue weighted by atomic mass is 9.97. The van der Waals surface area contributed by atoms with Gasteiger partial charge < -0.3 is 18.6 Å². The number of benzene rings is 3. The number of amides is 1. The largest absolute Gasteiger partial charge is 0.493 e. The van der Waals surface area contributed by atoms with Crippen molar-refractivity contribution in [1.82, 2.24) is 4.98 Å².